The number of ether oxygens (including phenoxy) is 1. The highest BCUT2D eigenvalue weighted by Crippen LogP contribution is 2.18. The van der Waals surface area contributed by atoms with Gasteiger partial charge in [0, 0.05) is 30.5 Å². The number of aliphatic imine (C=N–C) groups is 1. The Morgan fingerprint density at radius 2 is 1.70 bits per heavy atom. The third-order valence-corrected chi connectivity index (χ3v) is 4.48. The van der Waals surface area contributed by atoms with Crippen molar-refractivity contribution >= 4 is 52.3 Å². The molecule has 2 aromatic carbocycles. The topological polar surface area (TPSA) is 81.8 Å². The molecule has 0 heterocycles. The first-order chi connectivity index (χ1) is 14.6. The Morgan fingerprint density at radius 3 is 2.23 bits per heavy atom. The molecule has 2 N–H and O–H groups in total. The van der Waals surface area contributed by atoms with Crippen LogP contribution in [0.5, 0.6) is 5.75 Å². The van der Waals surface area contributed by atoms with E-state index in [4.69, 9.17) is 27.9 Å². The van der Waals surface area contributed by atoms with Gasteiger partial charge in [0.2, 0.25) is 0 Å². The molecule has 0 saturated carbocycles. The largest absolute Gasteiger partial charge is 0.497 e. The zero-order chi connectivity index (χ0) is 21.8. The van der Waals surface area contributed by atoms with E-state index < -0.39 is 0 Å². The van der Waals surface area contributed by atoms with E-state index in [2.05, 4.69) is 25.6 Å². The molecule has 0 aliphatic carbocycles. The van der Waals surface area contributed by atoms with Crippen LogP contribution in [0.3, 0.4) is 0 Å². The Balaban J connectivity index is 2.07. The van der Waals surface area contributed by atoms with Gasteiger partial charge in [-0.1, -0.05) is 12.1 Å². The molecule has 0 aliphatic rings. The number of anilines is 1. The van der Waals surface area contributed by atoms with E-state index in [1.165, 1.54) is 0 Å². The minimum Gasteiger partial charge on any atom is -0.497 e. The summed E-state index contributed by atoms with van der Waals surface area (Å²) >= 11 is 11.7. The van der Waals surface area contributed by atoms with Crippen LogP contribution in [-0.2, 0) is 0 Å². The number of benzene rings is 2. The van der Waals surface area contributed by atoms with Crippen LogP contribution >= 0.6 is 23.2 Å². The van der Waals surface area contributed by atoms with Crippen molar-refractivity contribution in [3.63, 3.8) is 0 Å². The van der Waals surface area contributed by atoms with Crippen molar-refractivity contribution in [3.8, 4) is 5.75 Å². The molecule has 160 valence electrons. The maximum Gasteiger partial charge on any atom is 0.173 e. The average molecular weight is 450 g/mol. The summed E-state index contributed by atoms with van der Waals surface area (Å²) in [5.74, 6) is 1.99. The average Bonchev–Trinajstić information content (AvgIpc) is 2.78. The maximum atomic E-state index is 9.38. The lowest BCUT2D eigenvalue weighted by molar-refractivity contribution is 0.236. The highest BCUT2D eigenvalue weighted by Gasteiger charge is 2.05. The molecular formula is C21H25Cl2N5O2. The molecule has 0 spiro atoms. The molecule has 2 aromatic rings. The molecule has 0 saturated heterocycles. The van der Waals surface area contributed by atoms with E-state index in [9.17, 15) is 5.21 Å². The molecule has 0 bridgehead atoms. The number of methoxy groups -OCH3 is 1. The lowest BCUT2D eigenvalue weighted by Crippen LogP contribution is -2.27. The minimum absolute atomic E-state index is 0.199. The van der Waals surface area contributed by atoms with E-state index >= 15 is 0 Å². The Bertz CT molecular complexity index is 862. The first-order valence-corrected chi connectivity index (χ1v) is 10.4. The third-order valence-electron chi connectivity index (χ3n) is 4.14. The van der Waals surface area contributed by atoms with Gasteiger partial charge in [0.25, 0.3) is 0 Å². The number of hydrogen-bond acceptors (Lipinski definition) is 6. The number of nitrogens with one attached hydrogen (secondary N) is 1. The fraction of sp³-hybridized carbons (Fsp3) is 0.286. The van der Waals surface area contributed by atoms with Gasteiger partial charge in [-0.15, -0.1) is 23.2 Å². The first-order valence-electron chi connectivity index (χ1n) is 9.29. The Morgan fingerprint density at radius 1 is 1.07 bits per heavy atom. The zero-order valence-electron chi connectivity index (χ0n) is 16.9. The molecule has 7 nitrogen and oxygen atoms in total. The van der Waals surface area contributed by atoms with Crippen molar-refractivity contribution in [2.75, 3.05) is 36.9 Å². The van der Waals surface area contributed by atoms with Crippen molar-refractivity contribution < 1.29 is 9.94 Å². The van der Waals surface area contributed by atoms with Crippen LogP contribution in [0.1, 0.15) is 12.5 Å². The summed E-state index contributed by atoms with van der Waals surface area (Å²) in [7, 11) is 1.59. The summed E-state index contributed by atoms with van der Waals surface area (Å²) in [5, 5.41) is 17.6. The maximum absolute atomic E-state index is 9.38. The number of alkyl halides is 2. The van der Waals surface area contributed by atoms with Gasteiger partial charge >= 0.3 is 0 Å². The second kappa shape index (κ2) is 12.8. The number of hydrogen-bond donors (Lipinski definition) is 2. The van der Waals surface area contributed by atoms with Crippen LogP contribution in [0.15, 0.2) is 63.7 Å². The number of hydroxylamine groups is 1. The van der Waals surface area contributed by atoms with Crippen LogP contribution in [0.2, 0.25) is 0 Å². The van der Waals surface area contributed by atoms with E-state index in [1.807, 2.05) is 24.3 Å². The normalized spacial score (nSPS) is 12.3. The summed E-state index contributed by atoms with van der Waals surface area (Å²) in [6, 6.07) is 15.0. The van der Waals surface area contributed by atoms with E-state index in [0.29, 0.717) is 23.2 Å². The highest BCUT2D eigenvalue weighted by atomic mass is 35.5. The van der Waals surface area contributed by atoms with E-state index in [1.54, 1.807) is 44.5 Å². The van der Waals surface area contributed by atoms with Gasteiger partial charge in [-0.05, 0) is 48.9 Å². The number of rotatable bonds is 10. The van der Waals surface area contributed by atoms with Crippen molar-refractivity contribution in [2.45, 2.75) is 6.92 Å². The van der Waals surface area contributed by atoms with Crippen molar-refractivity contribution in [1.82, 2.24) is 5.48 Å². The third kappa shape index (κ3) is 7.33. The molecule has 0 aliphatic heterocycles. The molecule has 9 heteroatoms. The summed E-state index contributed by atoms with van der Waals surface area (Å²) in [5.41, 5.74) is 5.06. The predicted octanol–water partition coefficient (Wildman–Crippen LogP) is 4.48. The Kier molecular flexibility index (Phi) is 10.1. The minimum atomic E-state index is 0.199. The molecule has 0 radical (unpaired) electrons. The summed E-state index contributed by atoms with van der Waals surface area (Å²) in [6.07, 6.45) is 1.63. The fourth-order valence-electron chi connectivity index (χ4n) is 2.55. The second-order valence-electron chi connectivity index (χ2n) is 6.16. The van der Waals surface area contributed by atoms with Crippen LogP contribution in [0, 0.1) is 0 Å². The molecule has 0 atom stereocenters. The van der Waals surface area contributed by atoms with Crippen molar-refractivity contribution in [1.29, 1.82) is 0 Å². The van der Waals surface area contributed by atoms with Gasteiger partial charge in [-0.25, -0.2) is 4.99 Å². The predicted molar refractivity (Wildman–Crippen MR) is 126 cm³/mol. The van der Waals surface area contributed by atoms with E-state index in [0.717, 1.165) is 30.1 Å². The van der Waals surface area contributed by atoms with Crippen LogP contribution < -0.4 is 15.1 Å². The van der Waals surface area contributed by atoms with Gasteiger partial charge in [0.1, 0.15) is 11.5 Å². The number of nitrogens with zero attached hydrogens (tertiary/aromatic N) is 4. The second-order valence-corrected chi connectivity index (χ2v) is 6.91. The quantitative estimate of drug-likeness (QED) is 0.242. The van der Waals surface area contributed by atoms with Gasteiger partial charge < -0.3 is 9.64 Å². The van der Waals surface area contributed by atoms with Crippen molar-refractivity contribution in [2.24, 2.45) is 15.2 Å². The fourth-order valence-corrected chi connectivity index (χ4v) is 2.96. The monoisotopic (exact) mass is 449 g/mol. The SMILES string of the molecule is COc1ccc(N=C(NO)/C(C)=N/N=C/c2ccc(N(CCCl)CCCl)cc2)cc1. The summed E-state index contributed by atoms with van der Waals surface area (Å²) in [4.78, 5) is 6.44. The summed E-state index contributed by atoms with van der Waals surface area (Å²) in [6.45, 7) is 3.16. The lowest BCUT2D eigenvalue weighted by atomic mass is 10.2. The molecule has 0 fully saturated rings. The highest BCUT2D eigenvalue weighted by molar-refractivity contribution is 6.40. The lowest BCUT2D eigenvalue weighted by Gasteiger charge is -2.22. The zero-order valence-corrected chi connectivity index (χ0v) is 18.4. The number of amidine groups is 1. The van der Waals surface area contributed by atoms with Gasteiger partial charge in [-0.3, -0.25) is 10.7 Å². The summed E-state index contributed by atoms with van der Waals surface area (Å²) < 4.78 is 5.12. The van der Waals surface area contributed by atoms with Crippen LogP contribution in [0.25, 0.3) is 0 Å². The molecule has 0 amide bonds. The molecule has 30 heavy (non-hydrogen) atoms. The van der Waals surface area contributed by atoms with Crippen LogP contribution in [0.4, 0.5) is 11.4 Å². The van der Waals surface area contributed by atoms with Gasteiger partial charge in [0.15, 0.2) is 5.84 Å². The smallest absolute Gasteiger partial charge is 0.173 e. The molecule has 0 aromatic heterocycles. The Hall–Kier alpha value is -2.61. The van der Waals surface area contributed by atoms with Gasteiger partial charge in [0.05, 0.1) is 19.0 Å². The van der Waals surface area contributed by atoms with Gasteiger partial charge in [-0.2, -0.15) is 10.2 Å². The molecule has 0 unspecified atom stereocenters. The number of halogens is 2. The first kappa shape index (κ1) is 23.7. The molecular weight excluding hydrogens is 425 g/mol. The standard InChI is InChI=1S/C21H25Cl2N5O2/c1-16(21(27-29)25-18-5-9-20(30-2)10-6-18)26-24-15-17-3-7-19(8-4-17)28(13-11-22)14-12-23/h3-10,15,29H,11-14H2,1-2H3,(H,25,27)/b24-15+,26-16+. The van der Waals surface area contributed by atoms with Crippen LogP contribution in [-0.4, -0.2) is 54.9 Å². The molecule has 2 rings (SSSR count). The Labute approximate surface area is 186 Å². The van der Waals surface area contributed by atoms with Crippen molar-refractivity contribution in [3.05, 3.63) is 54.1 Å². The van der Waals surface area contributed by atoms with E-state index in [-0.39, 0.29) is 5.84 Å².